The van der Waals surface area contributed by atoms with Crippen LogP contribution < -0.4 is 9.62 Å². The Labute approximate surface area is 216 Å². The van der Waals surface area contributed by atoms with E-state index in [0.717, 1.165) is 22.3 Å². The number of carbonyl (C=O) groups is 2. The van der Waals surface area contributed by atoms with Crippen LogP contribution in [-0.2, 0) is 26.2 Å². The van der Waals surface area contributed by atoms with Gasteiger partial charge >= 0.3 is 0 Å². The summed E-state index contributed by atoms with van der Waals surface area (Å²) < 4.78 is 26.5. The summed E-state index contributed by atoms with van der Waals surface area (Å²) in [6.07, 6.45) is 1.65. The third kappa shape index (κ3) is 8.36. The van der Waals surface area contributed by atoms with Crippen LogP contribution >= 0.6 is 0 Å². The van der Waals surface area contributed by atoms with Crippen molar-refractivity contribution in [3.63, 3.8) is 0 Å². The molecule has 0 spiro atoms. The summed E-state index contributed by atoms with van der Waals surface area (Å²) in [5.41, 5.74) is 4.55. The molecular weight excluding hydrogens is 474 g/mol. The van der Waals surface area contributed by atoms with Crippen LogP contribution in [0.25, 0.3) is 0 Å². The van der Waals surface area contributed by atoms with Gasteiger partial charge in [0.05, 0.1) is 11.9 Å². The van der Waals surface area contributed by atoms with Crippen LogP contribution in [0.2, 0.25) is 0 Å². The van der Waals surface area contributed by atoms with E-state index in [0.29, 0.717) is 31.1 Å². The number of sulfonamides is 1. The van der Waals surface area contributed by atoms with Gasteiger partial charge in [-0.2, -0.15) is 0 Å². The predicted molar refractivity (Wildman–Crippen MR) is 146 cm³/mol. The van der Waals surface area contributed by atoms with Crippen molar-refractivity contribution in [1.29, 1.82) is 0 Å². The van der Waals surface area contributed by atoms with Crippen LogP contribution in [0.1, 0.15) is 55.9 Å². The van der Waals surface area contributed by atoms with Gasteiger partial charge in [-0.3, -0.25) is 13.9 Å². The molecule has 0 fully saturated rings. The number of aryl methyl sites for hydroxylation is 2. The third-order valence-corrected chi connectivity index (χ3v) is 7.46. The van der Waals surface area contributed by atoms with Crippen molar-refractivity contribution < 1.29 is 18.0 Å². The average molecular weight is 516 g/mol. The Bertz CT molecular complexity index is 1160. The molecule has 0 radical (unpaired) electrons. The van der Waals surface area contributed by atoms with Crippen LogP contribution in [0, 0.1) is 26.7 Å². The molecule has 2 aromatic rings. The van der Waals surface area contributed by atoms with E-state index in [1.54, 1.807) is 17.9 Å². The second-order valence-corrected chi connectivity index (χ2v) is 11.9. The second-order valence-electron chi connectivity index (χ2n) is 9.98. The molecule has 0 aliphatic heterocycles. The van der Waals surface area contributed by atoms with Gasteiger partial charge in [-0.25, -0.2) is 8.42 Å². The highest BCUT2D eigenvalue weighted by Crippen LogP contribution is 2.25. The first kappa shape index (κ1) is 29.4. The maximum atomic E-state index is 13.4. The quantitative estimate of drug-likeness (QED) is 0.455. The van der Waals surface area contributed by atoms with Gasteiger partial charge in [-0.1, -0.05) is 55.8 Å². The topological polar surface area (TPSA) is 86.8 Å². The molecule has 0 heterocycles. The lowest BCUT2D eigenvalue weighted by atomic mass is 10.1. The largest absolute Gasteiger partial charge is 0.354 e. The first-order chi connectivity index (χ1) is 16.8. The summed E-state index contributed by atoms with van der Waals surface area (Å²) >= 11 is 0. The molecule has 1 N–H and O–H groups in total. The van der Waals surface area contributed by atoms with Crippen molar-refractivity contribution in [2.24, 2.45) is 5.92 Å². The van der Waals surface area contributed by atoms with E-state index >= 15 is 0 Å². The molecule has 7 nitrogen and oxygen atoms in total. The average Bonchev–Trinajstić information content (AvgIpc) is 2.79. The first-order valence-corrected chi connectivity index (χ1v) is 14.3. The highest BCUT2D eigenvalue weighted by molar-refractivity contribution is 7.92. The van der Waals surface area contributed by atoms with E-state index in [9.17, 15) is 18.0 Å². The number of hydrogen-bond donors (Lipinski definition) is 1. The normalized spacial score (nSPS) is 12.3. The lowest BCUT2D eigenvalue weighted by molar-refractivity contribution is -0.140. The summed E-state index contributed by atoms with van der Waals surface area (Å²) in [6.45, 7) is 12.6. The highest BCUT2D eigenvalue weighted by atomic mass is 32.2. The van der Waals surface area contributed by atoms with E-state index in [4.69, 9.17) is 0 Å². The van der Waals surface area contributed by atoms with E-state index in [2.05, 4.69) is 5.32 Å². The fourth-order valence-electron chi connectivity index (χ4n) is 4.03. The molecule has 8 heteroatoms. The monoisotopic (exact) mass is 515 g/mol. The predicted octanol–water partition coefficient (Wildman–Crippen LogP) is 4.35. The fourth-order valence-corrected chi connectivity index (χ4v) is 5.05. The van der Waals surface area contributed by atoms with E-state index in [-0.39, 0.29) is 24.8 Å². The molecule has 0 unspecified atom stereocenters. The Balaban J connectivity index is 2.20. The first-order valence-electron chi connectivity index (χ1n) is 12.5. The van der Waals surface area contributed by atoms with Gasteiger partial charge < -0.3 is 10.2 Å². The summed E-state index contributed by atoms with van der Waals surface area (Å²) in [4.78, 5) is 27.8. The molecule has 0 aliphatic carbocycles. The zero-order valence-corrected chi connectivity index (χ0v) is 23.5. The van der Waals surface area contributed by atoms with Crippen molar-refractivity contribution in [2.75, 3.05) is 23.7 Å². The SMILES string of the molecule is Cc1cccc(CN(C(=O)CCCN(c2cccc(C)c2C)S(C)(=O)=O)[C@H](C)C(=O)NCC(C)C)c1. The third-order valence-electron chi connectivity index (χ3n) is 6.28. The summed E-state index contributed by atoms with van der Waals surface area (Å²) in [5.74, 6) is -0.0786. The Morgan fingerprint density at radius 2 is 1.67 bits per heavy atom. The molecule has 2 amide bonds. The standard InChI is InChI=1S/C28H41N3O4S/c1-20(2)18-29-28(33)24(6)30(19-25-13-8-11-21(3)17-25)27(32)15-10-16-31(36(7,34)35)26-14-9-12-22(4)23(26)5/h8-9,11-14,17,20,24H,10,15-16,18-19H2,1-7H3,(H,29,33)/t24-/m1/s1. The number of benzene rings is 2. The van der Waals surface area contributed by atoms with E-state index in [1.807, 2.05) is 71.0 Å². The second kappa shape index (κ2) is 12.9. The van der Waals surface area contributed by atoms with Crippen LogP contribution in [-0.4, -0.2) is 50.5 Å². The molecule has 2 aromatic carbocycles. The highest BCUT2D eigenvalue weighted by Gasteiger charge is 2.27. The molecule has 2 rings (SSSR count). The summed E-state index contributed by atoms with van der Waals surface area (Å²) in [5, 5.41) is 2.92. The van der Waals surface area contributed by atoms with Gasteiger partial charge in [0.1, 0.15) is 6.04 Å². The summed E-state index contributed by atoms with van der Waals surface area (Å²) in [6, 6.07) is 12.8. The molecule has 0 saturated heterocycles. The molecule has 1 atom stereocenters. The molecule has 198 valence electrons. The minimum Gasteiger partial charge on any atom is -0.354 e. The molecule has 0 bridgehead atoms. The van der Waals surface area contributed by atoms with Crippen LogP contribution in [0.5, 0.6) is 0 Å². The van der Waals surface area contributed by atoms with Crippen molar-refractivity contribution in [1.82, 2.24) is 10.2 Å². The molecular formula is C28H41N3O4S. The number of anilines is 1. The number of rotatable bonds is 12. The van der Waals surface area contributed by atoms with Crippen molar-refractivity contribution in [3.8, 4) is 0 Å². The van der Waals surface area contributed by atoms with Gasteiger partial charge in [0, 0.05) is 26.1 Å². The number of nitrogens with zero attached hydrogens (tertiary/aromatic N) is 2. The Morgan fingerprint density at radius 1 is 1.00 bits per heavy atom. The molecule has 36 heavy (non-hydrogen) atoms. The lowest BCUT2D eigenvalue weighted by Crippen LogP contribution is -2.48. The lowest BCUT2D eigenvalue weighted by Gasteiger charge is -2.30. The van der Waals surface area contributed by atoms with Gasteiger partial charge in [0.15, 0.2) is 0 Å². The van der Waals surface area contributed by atoms with Crippen molar-refractivity contribution in [2.45, 2.75) is 67.0 Å². The number of hydrogen-bond acceptors (Lipinski definition) is 4. The smallest absolute Gasteiger partial charge is 0.242 e. The van der Waals surface area contributed by atoms with E-state index in [1.165, 1.54) is 10.6 Å². The minimum atomic E-state index is -3.53. The van der Waals surface area contributed by atoms with E-state index < -0.39 is 16.1 Å². The minimum absolute atomic E-state index is 0.129. The van der Waals surface area contributed by atoms with Gasteiger partial charge in [-0.15, -0.1) is 0 Å². The van der Waals surface area contributed by atoms with Gasteiger partial charge in [-0.05, 0) is 62.8 Å². The van der Waals surface area contributed by atoms with Crippen LogP contribution in [0.3, 0.4) is 0 Å². The zero-order chi connectivity index (χ0) is 27.0. The Kier molecular flexibility index (Phi) is 10.5. The van der Waals surface area contributed by atoms with Gasteiger partial charge in [0.25, 0.3) is 0 Å². The zero-order valence-electron chi connectivity index (χ0n) is 22.7. The summed E-state index contributed by atoms with van der Waals surface area (Å²) in [7, 11) is -3.53. The number of amides is 2. The Morgan fingerprint density at radius 3 is 2.28 bits per heavy atom. The van der Waals surface area contributed by atoms with Crippen LogP contribution in [0.15, 0.2) is 42.5 Å². The van der Waals surface area contributed by atoms with Crippen molar-refractivity contribution >= 4 is 27.5 Å². The molecule has 0 aromatic heterocycles. The van der Waals surface area contributed by atoms with Crippen LogP contribution in [0.4, 0.5) is 5.69 Å². The molecule has 0 saturated carbocycles. The number of nitrogens with one attached hydrogen (secondary N) is 1. The fraction of sp³-hybridized carbons (Fsp3) is 0.500. The maximum Gasteiger partial charge on any atom is 0.242 e. The van der Waals surface area contributed by atoms with Crippen molar-refractivity contribution in [3.05, 3.63) is 64.7 Å². The van der Waals surface area contributed by atoms with Gasteiger partial charge in [0.2, 0.25) is 21.8 Å². The maximum absolute atomic E-state index is 13.4. The molecule has 0 aliphatic rings. The number of carbonyl (C=O) groups excluding carboxylic acids is 2. The Hall–Kier alpha value is -2.87.